The van der Waals surface area contributed by atoms with E-state index in [-0.39, 0.29) is 5.91 Å². The third-order valence-corrected chi connectivity index (χ3v) is 6.12. The SMILES string of the molecule is O=C(CSCc1cccc(Cl)c1)N1CCC2(CCNC2)CC1. The Hall–Kier alpha value is -0.710. The Labute approximate surface area is 141 Å². The minimum absolute atomic E-state index is 0.285. The summed E-state index contributed by atoms with van der Waals surface area (Å²) in [6.07, 6.45) is 3.59. The number of likely N-dealkylation sites (tertiary alicyclic amines) is 1. The van der Waals surface area contributed by atoms with Gasteiger partial charge >= 0.3 is 0 Å². The fraction of sp³-hybridized carbons (Fsp3) is 0.588. The zero-order chi connectivity index (χ0) is 15.4. The molecule has 2 aliphatic heterocycles. The topological polar surface area (TPSA) is 32.3 Å². The van der Waals surface area contributed by atoms with Gasteiger partial charge in [0.25, 0.3) is 0 Å². The lowest BCUT2D eigenvalue weighted by atomic mass is 9.78. The van der Waals surface area contributed by atoms with Crippen molar-refractivity contribution in [3.63, 3.8) is 0 Å². The number of rotatable bonds is 4. The number of hydrogen-bond acceptors (Lipinski definition) is 3. The van der Waals surface area contributed by atoms with Crippen LogP contribution < -0.4 is 5.32 Å². The van der Waals surface area contributed by atoms with Crippen molar-refractivity contribution in [1.82, 2.24) is 10.2 Å². The van der Waals surface area contributed by atoms with Gasteiger partial charge in [-0.3, -0.25) is 4.79 Å². The average molecular weight is 339 g/mol. The molecule has 2 saturated heterocycles. The van der Waals surface area contributed by atoms with Crippen molar-refractivity contribution in [2.45, 2.75) is 25.0 Å². The summed E-state index contributed by atoms with van der Waals surface area (Å²) in [4.78, 5) is 14.4. The lowest BCUT2D eigenvalue weighted by Gasteiger charge is -2.38. The zero-order valence-corrected chi connectivity index (χ0v) is 14.4. The van der Waals surface area contributed by atoms with E-state index in [0.717, 1.165) is 49.8 Å². The molecule has 2 aliphatic rings. The quantitative estimate of drug-likeness (QED) is 0.915. The molecule has 1 spiro atoms. The number of halogens is 1. The highest BCUT2D eigenvalue weighted by molar-refractivity contribution is 7.99. The predicted molar refractivity (Wildman–Crippen MR) is 93.3 cm³/mol. The molecule has 3 rings (SSSR count). The van der Waals surface area contributed by atoms with Gasteiger partial charge in [-0.15, -0.1) is 11.8 Å². The van der Waals surface area contributed by atoms with E-state index in [9.17, 15) is 4.79 Å². The van der Waals surface area contributed by atoms with Gasteiger partial charge in [0.1, 0.15) is 0 Å². The molecule has 1 amide bonds. The van der Waals surface area contributed by atoms with Crippen molar-refractivity contribution in [3.05, 3.63) is 34.9 Å². The van der Waals surface area contributed by atoms with Crippen LogP contribution in [0.25, 0.3) is 0 Å². The molecule has 3 nitrogen and oxygen atoms in total. The Kier molecular flexibility index (Phi) is 5.32. The molecule has 0 unspecified atom stereocenters. The smallest absolute Gasteiger partial charge is 0.232 e. The fourth-order valence-electron chi connectivity index (χ4n) is 3.43. The van der Waals surface area contributed by atoms with E-state index in [2.05, 4.69) is 16.3 Å². The first kappa shape index (κ1) is 16.2. The standard InChI is InChI=1S/C17H23ClN2OS/c18-15-3-1-2-14(10-15)11-22-12-16(21)20-8-5-17(6-9-20)4-7-19-13-17/h1-3,10,19H,4-9,11-13H2. The van der Waals surface area contributed by atoms with E-state index in [1.165, 1.54) is 12.0 Å². The van der Waals surface area contributed by atoms with Gasteiger partial charge in [0.15, 0.2) is 0 Å². The van der Waals surface area contributed by atoms with Crippen LogP contribution in [0, 0.1) is 5.41 Å². The first-order valence-electron chi connectivity index (χ1n) is 7.98. The van der Waals surface area contributed by atoms with E-state index in [1.807, 2.05) is 18.2 Å². The third-order valence-electron chi connectivity index (χ3n) is 4.89. The average Bonchev–Trinajstić information content (AvgIpc) is 2.96. The van der Waals surface area contributed by atoms with E-state index >= 15 is 0 Å². The summed E-state index contributed by atoms with van der Waals surface area (Å²) in [6, 6.07) is 7.86. The first-order chi connectivity index (χ1) is 10.7. The van der Waals surface area contributed by atoms with Crippen molar-refractivity contribution >= 4 is 29.3 Å². The van der Waals surface area contributed by atoms with Gasteiger partial charge in [-0.05, 0) is 48.9 Å². The molecule has 1 N–H and O–H groups in total. The summed E-state index contributed by atoms with van der Waals surface area (Å²) in [5, 5.41) is 4.23. The highest BCUT2D eigenvalue weighted by Crippen LogP contribution is 2.37. The molecule has 0 bridgehead atoms. The van der Waals surface area contributed by atoms with Gasteiger partial charge in [0.05, 0.1) is 5.75 Å². The van der Waals surface area contributed by atoms with Gasteiger partial charge in [-0.2, -0.15) is 0 Å². The van der Waals surface area contributed by atoms with Gasteiger partial charge in [0, 0.05) is 30.4 Å². The molecule has 2 fully saturated rings. The summed E-state index contributed by atoms with van der Waals surface area (Å²) < 4.78 is 0. The van der Waals surface area contributed by atoms with Crippen molar-refractivity contribution < 1.29 is 4.79 Å². The van der Waals surface area contributed by atoms with Crippen LogP contribution >= 0.6 is 23.4 Å². The Bertz CT molecular complexity index is 521. The molecule has 5 heteroatoms. The van der Waals surface area contributed by atoms with Crippen LogP contribution in [-0.2, 0) is 10.5 Å². The van der Waals surface area contributed by atoms with Gasteiger partial charge in [0.2, 0.25) is 5.91 Å². The number of benzene rings is 1. The Morgan fingerprint density at radius 2 is 2.14 bits per heavy atom. The normalized spacial score (nSPS) is 20.5. The molecule has 0 aromatic heterocycles. The zero-order valence-electron chi connectivity index (χ0n) is 12.8. The van der Waals surface area contributed by atoms with Crippen LogP contribution in [0.3, 0.4) is 0 Å². The van der Waals surface area contributed by atoms with Crippen LogP contribution in [-0.4, -0.2) is 42.7 Å². The predicted octanol–water partition coefficient (Wildman–Crippen LogP) is 3.18. The number of piperidine rings is 1. The Morgan fingerprint density at radius 3 is 2.82 bits per heavy atom. The summed E-state index contributed by atoms with van der Waals surface area (Å²) in [7, 11) is 0. The second-order valence-electron chi connectivity index (χ2n) is 6.43. The highest BCUT2D eigenvalue weighted by atomic mass is 35.5. The van der Waals surface area contributed by atoms with Crippen LogP contribution in [0.1, 0.15) is 24.8 Å². The van der Waals surface area contributed by atoms with Crippen LogP contribution in [0.4, 0.5) is 0 Å². The number of nitrogens with zero attached hydrogens (tertiary/aromatic N) is 1. The molecule has 0 atom stereocenters. The van der Waals surface area contributed by atoms with Crippen molar-refractivity contribution in [2.24, 2.45) is 5.41 Å². The molecule has 1 aromatic rings. The molecule has 120 valence electrons. The second kappa shape index (κ2) is 7.24. The summed E-state index contributed by atoms with van der Waals surface area (Å²) in [6.45, 7) is 4.14. The summed E-state index contributed by atoms with van der Waals surface area (Å²) >= 11 is 7.66. The number of hydrogen-bond donors (Lipinski definition) is 1. The summed E-state index contributed by atoms with van der Waals surface area (Å²) in [5.74, 6) is 1.69. The maximum absolute atomic E-state index is 12.3. The molecular formula is C17H23ClN2OS. The van der Waals surface area contributed by atoms with E-state index in [1.54, 1.807) is 11.8 Å². The minimum atomic E-state index is 0.285. The fourth-order valence-corrected chi connectivity index (χ4v) is 4.51. The lowest BCUT2D eigenvalue weighted by molar-refractivity contribution is -0.130. The third kappa shape index (κ3) is 3.98. The van der Waals surface area contributed by atoms with Crippen LogP contribution in [0.2, 0.25) is 5.02 Å². The van der Waals surface area contributed by atoms with E-state index in [4.69, 9.17) is 11.6 Å². The largest absolute Gasteiger partial charge is 0.342 e. The number of nitrogens with one attached hydrogen (secondary N) is 1. The van der Waals surface area contributed by atoms with Crippen LogP contribution in [0.15, 0.2) is 24.3 Å². The molecule has 0 radical (unpaired) electrons. The second-order valence-corrected chi connectivity index (χ2v) is 7.85. The van der Waals surface area contributed by atoms with E-state index < -0.39 is 0 Å². The number of carbonyl (C=O) groups excluding carboxylic acids is 1. The molecule has 1 aromatic carbocycles. The van der Waals surface area contributed by atoms with Crippen LogP contribution in [0.5, 0.6) is 0 Å². The monoisotopic (exact) mass is 338 g/mol. The van der Waals surface area contributed by atoms with Gasteiger partial charge < -0.3 is 10.2 Å². The van der Waals surface area contributed by atoms with E-state index in [0.29, 0.717) is 11.2 Å². The van der Waals surface area contributed by atoms with Crippen molar-refractivity contribution in [1.29, 1.82) is 0 Å². The Balaban J connectivity index is 1.41. The number of carbonyl (C=O) groups is 1. The van der Waals surface area contributed by atoms with Gasteiger partial charge in [-0.25, -0.2) is 0 Å². The number of amides is 1. The maximum Gasteiger partial charge on any atom is 0.232 e. The molecule has 0 aliphatic carbocycles. The van der Waals surface area contributed by atoms with Crippen molar-refractivity contribution in [3.8, 4) is 0 Å². The number of thioether (sulfide) groups is 1. The van der Waals surface area contributed by atoms with Crippen molar-refractivity contribution in [2.75, 3.05) is 31.9 Å². The molecular weight excluding hydrogens is 316 g/mol. The highest BCUT2D eigenvalue weighted by Gasteiger charge is 2.37. The molecule has 2 heterocycles. The first-order valence-corrected chi connectivity index (χ1v) is 9.51. The molecule has 22 heavy (non-hydrogen) atoms. The molecule has 0 saturated carbocycles. The maximum atomic E-state index is 12.3. The lowest BCUT2D eigenvalue weighted by Crippen LogP contribution is -2.44. The van der Waals surface area contributed by atoms with Gasteiger partial charge in [-0.1, -0.05) is 23.7 Å². The Morgan fingerprint density at radius 1 is 1.32 bits per heavy atom. The summed E-state index contributed by atoms with van der Waals surface area (Å²) in [5.41, 5.74) is 1.66. The minimum Gasteiger partial charge on any atom is -0.342 e.